The van der Waals surface area contributed by atoms with E-state index in [1.807, 2.05) is 0 Å². The number of hydrogen-bond donors (Lipinski definition) is 1. The Morgan fingerprint density at radius 3 is 2.43 bits per heavy atom. The van der Waals surface area contributed by atoms with Gasteiger partial charge in [-0.15, -0.1) is 11.8 Å². The number of carbonyl (C=O) groups excluding carboxylic acids is 1. The molecule has 3 rings (SSSR count). The van der Waals surface area contributed by atoms with E-state index in [1.165, 1.54) is 28.2 Å². The topological polar surface area (TPSA) is 84.9 Å². The van der Waals surface area contributed by atoms with E-state index >= 15 is 0 Å². The normalized spacial score (nSPS) is 15.0. The summed E-state index contributed by atoms with van der Waals surface area (Å²) in [5, 5.41) is 3.42. The van der Waals surface area contributed by atoms with Gasteiger partial charge in [0.15, 0.2) is 0 Å². The number of hydrogen-bond acceptors (Lipinski definition) is 6. The largest absolute Gasteiger partial charge is 0.493 e. The predicted molar refractivity (Wildman–Crippen MR) is 119 cm³/mol. The lowest BCUT2D eigenvalue weighted by atomic mass is 10.3. The molecular formula is C20H23ClN2O5S2. The second-order valence-electron chi connectivity index (χ2n) is 6.44. The van der Waals surface area contributed by atoms with Crippen LogP contribution in [0.25, 0.3) is 0 Å². The van der Waals surface area contributed by atoms with Crippen LogP contribution in [0.1, 0.15) is 0 Å². The fourth-order valence-electron chi connectivity index (χ4n) is 2.76. The van der Waals surface area contributed by atoms with Gasteiger partial charge in [0.05, 0.1) is 30.5 Å². The maximum atomic E-state index is 12.6. The highest BCUT2D eigenvalue weighted by Gasteiger charge is 2.26. The van der Waals surface area contributed by atoms with Crippen molar-refractivity contribution < 1.29 is 22.7 Å². The SMILES string of the molecule is O=C(CSCCOc1ccc(Cl)cc1)Nc1ccc(S(=O)(=O)N2CCOCC2)cc1. The molecule has 0 bridgehead atoms. The minimum Gasteiger partial charge on any atom is -0.493 e. The lowest BCUT2D eigenvalue weighted by molar-refractivity contribution is -0.113. The molecule has 2 aromatic carbocycles. The first-order valence-electron chi connectivity index (χ1n) is 9.39. The van der Waals surface area contributed by atoms with Crippen LogP contribution < -0.4 is 10.1 Å². The summed E-state index contributed by atoms with van der Waals surface area (Å²) in [4.78, 5) is 12.3. The highest BCUT2D eigenvalue weighted by atomic mass is 35.5. The van der Waals surface area contributed by atoms with Crippen molar-refractivity contribution in [3.05, 3.63) is 53.6 Å². The van der Waals surface area contributed by atoms with Crippen molar-refractivity contribution >= 4 is 45.0 Å². The van der Waals surface area contributed by atoms with Gasteiger partial charge >= 0.3 is 0 Å². The van der Waals surface area contributed by atoms with Gasteiger partial charge < -0.3 is 14.8 Å². The monoisotopic (exact) mass is 470 g/mol. The van der Waals surface area contributed by atoms with Gasteiger partial charge in [0.1, 0.15) is 5.75 Å². The molecule has 1 heterocycles. The fraction of sp³-hybridized carbons (Fsp3) is 0.350. The van der Waals surface area contributed by atoms with Crippen molar-refractivity contribution in [2.24, 2.45) is 0 Å². The van der Waals surface area contributed by atoms with Crippen molar-refractivity contribution in [2.45, 2.75) is 4.90 Å². The van der Waals surface area contributed by atoms with Gasteiger partial charge in [0.25, 0.3) is 0 Å². The standard InChI is InChI=1S/C20H23ClN2O5S2/c21-16-1-5-18(6-2-16)28-13-14-29-15-20(24)22-17-3-7-19(8-4-17)30(25,26)23-9-11-27-12-10-23/h1-8H,9-15H2,(H,22,24). The van der Waals surface area contributed by atoms with Crippen molar-refractivity contribution in [1.29, 1.82) is 0 Å². The molecular weight excluding hydrogens is 448 g/mol. The third-order valence-corrected chi connectivity index (χ3v) is 7.38. The summed E-state index contributed by atoms with van der Waals surface area (Å²) < 4.78 is 37.4. The summed E-state index contributed by atoms with van der Waals surface area (Å²) in [7, 11) is -3.54. The number of nitrogens with one attached hydrogen (secondary N) is 1. The third-order valence-electron chi connectivity index (χ3n) is 4.29. The molecule has 1 saturated heterocycles. The van der Waals surface area contributed by atoms with E-state index < -0.39 is 10.0 Å². The zero-order chi connectivity index (χ0) is 21.4. The Bertz CT molecular complexity index is 931. The van der Waals surface area contributed by atoms with Gasteiger partial charge in [-0.25, -0.2) is 8.42 Å². The Morgan fingerprint density at radius 2 is 1.77 bits per heavy atom. The second-order valence-corrected chi connectivity index (χ2v) is 9.92. The quantitative estimate of drug-likeness (QED) is 0.567. The molecule has 0 spiro atoms. The van der Waals surface area contributed by atoms with Crippen LogP contribution in [0.4, 0.5) is 5.69 Å². The smallest absolute Gasteiger partial charge is 0.243 e. The van der Waals surface area contributed by atoms with E-state index in [2.05, 4.69) is 5.32 Å². The summed E-state index contributed by atoms with van der Waals surface area (Å²) in [6, 6.07) is 13.3. The first kappa shape index (κ1) is 22.9. The Labute approximate surface area is 185 Å². The van der Waals surface area contributed by atoms with E-state index in [0.29, 0.717) is 49.4 Å². The molecule has 1 N–H and O–H groups in total. The maximum Gasteiger partial charge on any atom is 0.243 e. The van der Waals surface area contributed by atoms with Gasteiger partial charge in [-0.3, -0.25) is 4.79 Å². The molecule has 1 aliphatic rings. The van der Waals surface area contributed by atoms with Crippen LogP contribution in [0.15, 0.2) is 53.4 Å². The molecule has 1 amide bonds. The molecule has 0 radical (unpaired) electrons. The first-order valence-corrected chi connectivity index (χ1v) is 12.4. The molecule has 1 fully saturated rings. The molecule has 30 heavy (non-hydrogen) atoms. The Morgan fingerprint density at radius 1 is 1.10 bits per heavy atom. The van der Waals surface area contributed by atoms with E-state index in [1.54, 1.807) is 36.4 Å². The van der Waals surface area contributed by atoms with E-state index in [-0.39, 0.29) is 16.6 Å². The lowest BCUT2D eigenvalue weighted by Gasteiger charge is -2.26. The number of halogens is 1. The van der Waals surface area contributed by atoms with Crippen LogP contribution in [-0.2, 0) is 19.6 Å². The summed E-state index contributed by atoms with van der Waals surface area (Å²) in [5.41, 5.74) is 0.555. The Kier molecular flexibility index (Phi) is 8.41. The van der Waals surface area contributed by atoms with Crippen molar-refractivity contribution in [3.8, 4) is 5.75 Å². The van der Waals surface area contributed by atoms with E-state index in [9.17, 15) is 13.2 Å². The van der Waals surface area contributed by atoms with Gasteiger partial charge in [0, 0.05) is 29.6 Å². The van der Waals surface area contributed by atoms with Crippen LogP contribution in [0.3, 0.4) is 0 Å². The molecule has 0 aliphatic carbocycles. The molecule has 0 aromatic heterocycles. The zero-order valence-corrected chi connectivity index (χ0v) is 18.6. The Hall–Kier alpha value is -1.78. The van der Waals surface area contributed by atoms with Crippen LogP contribution in [0.5, 0.6) is 5.75 Å². The highest BCUT2D eigenvalue weighted by Crippen LogP contribution is 2.20. The number of morpholine rings is 1. The van der Waals surface area contributed by atoms with Gasteiger partial charge in [0.2, 0.25) is 15.9 Å². The number of amides is 1. The summed E-state index contributed by atoms with van der Waals surface area (Å²) in [6.45, 7) is 1.97. The van der Waals surface area contributed by atoms with Gasteiger partial charge in [-0.2, -0.15) is 4.31 Å². The molecule has 2 aromatic rings. The maximum absolute atomic E-state index is 12.6. The third kappa shape index (κ3) is 6.61. The van der Waals surface area contributed by atoms with Crippen molar-refractivity contribution in [1.82, 2.24) is 4.31 Å². The van der Waals surface area contributed by atoms with Crippen molar-refractivity contribution in [3.63, 3.8) is 0 Å². The minimum atomic E-state index is -3.54. The first-order chi connectivity index (χ1) is 14.4. The van der Waals surface area contributed by atoms with Crippen LogP contribution in [0, 0.1) is 0 Å². The average molecular weight is 471 g/mol. The number of rotatable bonds is 9. The van der Waals surface area contributed by atoms with E-state index in [4.69, 9.17) is 21.1 Å². The molecule has 0 unspecified atom stereocenters. The number of sulfonamides is 1. The number of nitrogens with zero attached hydrogens (tertiary/aromatic N) is 1. The lowest BCUT2D eigenvalue weighted by Crippen LogP contribution is -2.40. The summed E-state index contributed by atoms with van der Waals surface area (Å²) in [6.07, 6.45) is 0. The number of anilines is 1. The van der Waals surface area contributed by atoms with Crippen LogP contribution in [-0.4, -0.2) is 63.0 Å². The number of carbonyl (C=O) groups is 1. The zero-order valence-electron chi connectivity index (χ0n) is 16.3. The van der Waals surface area contributed by atoms with Crippen LogP contribution >= 0.6 is 23.4 Å². The number of ether oxygens (including phenoxy) is 2. The predicted octanol–water partition coefficient (Wildman–Crippen LogP) is 3.11. The fourth-order valence-corrected chi connectivity index (χ4v) is 4.89. The summed E-state index contributed by atoms with van der Waals surface area (Å²) >= 11 is 7.27. The molecule has 7 nitrogen and oxygen atoms in total. The number of benzene rings is 2. The molecule has 10 heteroatoms. The average Bonchev–Trinajstić information content (AvgIpc) is 2.76. The van der Waals surface area contributed by atoms with Crippen LogP contribution in [0.2, 0.25) is 5.02 Å². The molecule has 0 atom stereocenters. The molecule has 162 valence electrons. The number of thioether (sulfide) groups is 1. The molecule has 0 saturated carbocycles. The van der Waals surface area contributed by atoms with Crippen molar-refractivity contribution in [2.75, 3.05) is 49.7 Å². The highest BCUT2D eigenvalue weighted by molar-refractivity contribution is 7.99. The molecule has 1 aliphatic heterocycles. The Balaban J connectivity index is 1.40. The summed E-state index contributed by atoms with van der Waals surface area (Å²) in [5.74, 6) is 1.51. The minimum absolute atomic E-state index is 0.157. The van der Waals surface area contributed by atoms with Gasteiger partial charge in [-0.05, 0) is 48.5 Å². The van der Waals surface area contributed by atoms with Gasteiger partial charge in [-0.1, -0.05) is 11.6 Å². The van der Waals surface area contributed by atoms with E-state index in [0.717, 1.165) is 5.75 Å². The second kappa shape index (κ2) is 11.0.